The van der Waals surface area contributed by atoms with Gasteiger partial charge in [0.1, 0.15) is 34.7 Å². The third kappa shape index (κ3) is 18.7. The lowest BCUT2D eigenvalue weighted by Gasteiger charge is -2.19. The highest BCUT2D eigenvalue weighted by Crippen LogP contribution is 2.37. The van der Waals surface area contributed by atoms with E-state index >= 15 is 0 Å². The molecule has 2 atom stereocenters. The summed E-state index contributed by atoms with van der Waals surface area (Å²) in [5, 5.41) is 17.3. The number of aromatic nitrogens is 5. The van der Waals surface area contributed by atoms with Gasteiger partial charge in [-0.05, 0) is 151 Å². The van der Waals surface area contributed by atoms with E-state index in [-0.39, 0.29) is 46.2 Å². The molecule has 25 heteroatoms. The van der Waals surface area contributed by atoms with E-state index in [9.17, 15) is 37.2 Å². The number of benzene rings is 4. The Morgan fingerprint density at radius 3 is 2.07 bits per heavy atom. The number of nitrogens with zero attached hydrogens (tertiary/aromatic N) is 5. The maximum Gasteiger partial charge on any atom is 0.344 e. The second-order valence-electron chi connectivity index (χ2n) is 22.7. The van der Waals surface area contributed by atoms with Crippen LogP contribution >= 0.6 is 34.8 Å². The van der Waals surface area contributed by atoms with Crippen LogP contribution in [0.2, 0.25) is 15.1 Å². The molecule has 2 aliphatic rings. The highest BCUT2D eigenvalue weighted by atomic mass is 35.5. The monoisotopic (exact) mass is 1330 g/mol. The van der Waals surface area contributed by atoms with Crippen LogP contribution < -0.4 is 25.3 Å². The third-order valence-corrected chi connectivity index (χ3v) is 16.6. The Bertz CT molecular complexity index is 4030. The molecule has 490 valence electrons. The van der Waals surface area contributed by atoms with E-state index in [0.717, 1.165) is 66.9 Å². The Kier molecular flexibility index (Phi) is 25.8. The zero-order valence-corrected chi connectivity index (χ0v) is 56.4. The van der Waals surface area contributed by atoms with Gasteiger partial charge in [-0.15, -0.1) is 0 Å². The first-order chi connectivity index (χ1) is 43.0. The number of carbonyl (C=O) groups excluding carboxylic acids is 3. The molecule has 0 spiro atoms. The number of unbranched alkanes of at least 4 members (excludes halogenated alkanes) is 2. The molecule has 9 rings (SSSR count). The van der Waals surface area contributed by atoms with Crippen LogP contribution in [0.1, 0.15) is 131 Å². The minimum atomic E-state index is -3.52. The van der Waals surface area contributed by atoms with Crippen LogP contribution in [-0.2, 0) is 71.5 Å². The van der Waals surface area contributed by atoms with Gasteiger partial charge < -0.3 is 38.7 Å². The first-order valence-electron chi connectivity index (χ1n) is 29.8. The number of ketones is 1. The van der Waals surface area contributed by atoms with E-state index in [2.05, 4.69) is 55.1 Å². The van der Waals surface area contributed by atoms with Gasteiger partial charge in [0.2, 0.25) is 5.88 Å². The number of hydrogen-bond acceptors (Lipinski definition) is 16. The fraction of sp³-hybridized carbons (Fsp3) is 0.424. The Balaban J connectivity index is 0.000000198. The molecule has 2 aliphatic heterocycles. The van der Waals surface area contributed by atoms with Crippen LogP contribution in [0.15, 0.2) is 98.8 Å². The number of nitrogens with one attached hydrogen (secondary N) is 1. The number of halogens is 3. The lowest BCUT2D eigenvalue weighted by Crippen LogP contribution is -2.27. The molecule has 0 bridgehead atoms. The summed E-state index contributed by atoms with van der Waals surface area (Å²) in [5.41, 5.74) is 5.75. The highest BCUT2D eigenvalue weighted by Gasteiger charge is 2.33. The molecule has 3 aromatic heterocycles. The number of oxime groups is 1. The number of carboxylic acids is 1. The molecule has 0 amide bonds. The van der Waals surface area contributed by atoms with Gasteiger partial charge in [0.25, 0.3) is 11.1 Å². The quantitative estimate of drug-likeness (QED) is 0.0433. The lowest BCUT2D eigenvalue weighted by molar-refractivity contribution is -0.151. The minimum Gasteiger partial charge on any atom is -0.480 e. The molecular formula is C66H79Cl3N6O15S. The molecule has 0 aliphatic carbocycles. The first kappa shape index (κ1) is 72.3. The maximum atomic E-state index is 13.5. The molecule has 4 aromatic carbocycles. The molecular weight excluding hydrogens is 1260 g/mol. The summed E-state index contributed by atoms with van der Waals surface area (Å²) >= 11 is 17.6. The molecule has 2 N–H and O–H groups in total. The van der Waals surface area contributed by atoms with Crippen molar-refractivity contribution in [3.05, 3.63) is 154 Å². The average Bonchev–Trinajstić information content (AvgIpc) is 1.67. The number of aromatic amines is 1. The lowest BCUT2D eigenvalue weighted by atomic mass is 9.91. The normalized spacial score (nSPS) is 13.5. The van der Waals surface area contributed by atoms with E-state index in [1.54, 1.807) is 40.7 Å². The summed E-state index contributed by atoms with van der Waals surface area (Å²) in [7, 11) is -2.02. The summed E-state index contributed by atoms with van der Waals surface area (Å²) in [6.07, 6.45) is 9.38. The van der Waals surface area contributed by atoms with Crippen LogP contribution in [0.4, 0.5) is 0 Å². The summed E-state index contributed by atoms with van der Waals surface area (Å²) in [6, 6.07) is 18.8. The first-order valence-corrected chi connectivity index (χ1v) is 32.8. The molecule has 0 saturated carbocycles. The van der Waals surface area contributed by atoms with Crippen LogP contribution in [0.25, 0.3) is 22.0 Å². The predicted octanol–water partition coefficient (Wildman–Crippen LogP) is 12.1. The number of aliphatic carboxylic acids is 1. The number of sulfone groups is 1. The molecule has 2 unspecified atom stereocenters. The molecule has 5 heterocycles. The standard InChI is InChI=1S/C23H32N2O4.C18H22ClNO3.C16H17N3O5S.C9H8Cl2O3/c1-7-16-13-15(3)14-17(8-2)18(16)19-20(26)24-9-11-28-12-10-25(24)21(19)29-22(27)23(4,5)6;1-3-4-5-7-13(2)23-17(21)12-22-16-10-9-15(19)14-8-6-11-20-18(14)16;1-9-10(15(20)11-8-17-19(2)16(11)21)4-5-13(25(3,22)23)14(9)12-6-7-24-18-12;1-5(9(12)13)14-8-3-2-6(10)4-7(8)11/h13-14H,7-12H2,1-6H3;6,8-11,13H,3-5,7,12H2,1-2H3;4-5,8,17H,6-7H2,1-3H3;2-5H,1H3,(H,12,13). The molecule has 7 aromatic rings. The third-order valence-electron chi connectivity index (χ3n) is 14.6. The number of hydrogen-bond donors (Lipinski definition) is 2. The fourth-order valence-electron chi connectivity index (χ4n) is 9.83. The molecule has 91 heavy (non-hydrogen) atoms. The van der Waals surface area contributed by atoms with Gasteiger partial charge in [0.05, 0.1) is 58.5 Å². The van der Waals surface area contributed by atoms with Crippen molar-refractivity contribution in [3.63, 3.8) is 0 Å². The number of rotatable bonds is 19. The second-order valence-corrected chi connectivity index (χ2v) is 26.0. The smallest absolute Gasteiger partial charge is 0.344 e. The molecule has 0 radical (unpaired) electrons. The number of H-pyrrole nitrogens is 1. The van der Waals surface area contributed by atoms with Crippen molar-refractivity contribution in [1.82, 2.24) is 24.1 Å². The van der Waals surface area contributed by atoms with Crippen molar-refractivity contribution in [2.45, 2.75) is 144 Å². The topological polar surface area (TPSA) is 268 Å². The van der Waals surface area contributed by atoms with E-state index in [4.69, 9.17) is 68.4 Å². The van der Waals surface area contributed by atoms with Gasteiger partial charge in [-0.25, -0.2) is 27.4 Å². The van der Waals surface area contributed by atoms with Gasteiger partial charge in [0, 0.05) is 53.7 Å². The number of aryl methyl sites for hydroxylation is 4. The summed E-state index contributed by atoms with van der Waals surface area (Å²) in [6.45, 7) is 20.9. The van der Waals surface area contributed by atoms with Gasteiger partial charge in [-0.1, -0.05) is 91.3 Å². The number of carboxylic acid groups (broad SMARTS) is 1. The largest absolute Gasteiger partial charge is 0.480 e. The van der Waals surface area contributed by atoms with Crippen molar-refractivity contribution in [1.29, 1.82) is 0 Å². The maximum absolute atomic E-state index is 13.5. The molecule has 0 fully saturated rings. The van der Waals surface area contributed by atoms with Gasteiger partial charge >= 0.3 is 17.9 Å². The summed E-state index contributed by atoms with van der Waals surface area (Å²) < 4.78 is 56.4. The Labute approximate surface area is 544 Å². The van der Waals surface area contributed by atoms with E-state index in [0.29, 0.717) is 99.7 Å². The van der Waals surface area contributed by atoms with Gasteiger partial charge in [0.15, 0.2) is 28.3 Å². The van der Waals surface area contributed by atoms with Crippen molar-refractivity contribution in [3.8, 4) is 28.5 Å². The van der Waals surface area contributed by atoms with Crippen molar-refractivity contribution in [2.24, 2.45) is 17.6 Å². The van der Waals surface area contributed by atoms with Gasteiger partial charge in [-0.2, -0.15) is 0 Å². The Morgan fingerprint density at radius 2 is 1.48 bits per heavy atom. The zero-order valence-electron chi connectivity index (χ0n) is 53.3. The zero-order chi connectivity index (χ0) is 67.1. The number of ether oxygens (including phenoxy) is 5. The van der Waals surface area contributed by atoms with Crippen molar-refractivity contribution in [2.75, 3.05) is 32.7 Å². The SMILES string of the molecule is CC(Oc1ccc(Cl)cc1Cl)C(=O)O.CCCCCC(C)OC(=O)COc1ccc(Cl)c2cccnc12.CCc1cc(C)cc(CC)c1-c1c(OC(=O)C(C)(C)C)n2n(c1=O)CCOCC2.Cc1c(C(=O)c2c[nH]n(C)c2=O)ccc(S(C)(=O)=O)c1C1=NOCC1. The number of esters is 2. The van der Waals surface area contributed by atoms with Crippen LogP contribution in [0, 0.1) is 19.3 Å². The Morgan fingerprint density at radius 1 is 0.813 bits per heavy atom. The van der Waals surface area contributed by atoms with E-state index in [1.807, 2.05) is 39.8 Å². The van der Waals surface area contributed by atoms with E-state index < -0.39 is 38.7 Å². The van der Waals surface area contributed by atoms with Crippen LogP contribution in [-0.4, -0.2) is 112 Å². The number of pyridine rings is 1. The average molecular weight is 1330 g/mol. The molecule has 0 saturated heterocycles. The number of fused-ring (bicyclic) bond motifs is 2. The van der Waals surface area contributed by atoms with Crippen molar-refractivity contribution < 1.29 is 61.2 Å². The molecule has 21 nitrogen and oxygen atoms in total. The minimum absolute atomic E-state index is 0.00623. The van der Waals surface area contributed by atoms with Crippen molar-refractivity contribution >= 4 is 84.9 Å². The van der Waals surface area contributed by atoms with E-state index in [1.165, 1.54) is 54.7 Å². The summed E-state index contributed by atoms with van der Waals surface area (Å²) in [4.78, 5) is 82.8. The summed E-state index contributed by atoms with van der Waals surface area (Å²) in [5.74, 6) is -1.06. The highest BCUT2D eigenvalue weighted by molar-refractivity contribution is 7.90. The Hall–Kier alpha value is -7.76. The van der Waals surface area contributed by atoms with Crippen LogP contribution in [0.3, 0.4) is 0 Å². The van der Waals surface area contributed by atoms with Gasteiger partial charge in [-0.3, -0.25) is 28.8 Å². The fourth-order valence-corrected chi connectivity index (χ4v) is 11.5. The second kappa shape index (κ2) is 32.5. The van der Waals surface area contributed by atoms with Crippen LogP contribution in [0.5, 0.6) is 17.4 Å². The predicted molar refractivity (Wildman–Crippen MR) is 351 cm³/mol. The number of carbonyl (C=O) groups is 4.